The number of imidazole rings is 1. The predicted molar refractivity (Wildman–Crippen MR) is 231 cm³/mol. The van der Waals surface area contributed by atoms with Crippen LogP contribution >= 0.6 is 0 Å². The summed E-state index contributed by atoms with van der Waals surface area (Å²) < 4.78 is 13.4. The van der Waals surface area contributed by atoms with Crippen molar-refractivity contribution in [2.24, 2.45) is 0 Å². The van der Waals surface area contributed by atoms with Crippen molar-refractivity contribution in [1.82, 2.24) is 14.1 Å². The van der Waals surface area contributed by atoms with Crippen LogP contribution in [-0.4, -0.2) is 14.1 Å². The van der Waals surface area contributed by atoms with Crippen LogP contribution in [0.1, 0.15) is 93.7 Å². The SMILES string of the molecule is Cc1cc(C)c(-[n+]2[c-]n(-c3cc(Oc4ccc5c6ccccc6n(-c6cc(C(C)(C)C)ccn6)c5c4)cc(-c4c(C(C)C)cccc4C(C)C)c3)cc2)cc1C. The molecule has 8 aromatic rings. The first kappa shape index (κ1) is 37.0. The lowest BCUT2D eigenvalue weighted by molar-refractivity contribution is -0.599. The lowest BCUT2D eigenvalue weighted by atomic mass is 9.85. The molecule has 0 unspecified atom stereocenters. The van der Waals surface area contributed by atoms with Gasteiger partial charge in [-0.25, -0.2) is 4.98 Å². The monoisotopic (exact) mass is 736 g/mol. The highest BCUT2D eigenvalue weighted by Crippen LogP contribution is 2.41. The van der Waals surface area contributed by atoms with Gasteiger partial charge in [0.25, 0.3) is 6.33 Å². The van der Waals surface area contributed by atoms with Crippen molar-refractivity contribution >= 4 is 21.8 Å². The van der Waals surface area contributed by atoms with Gasteiger partial charge in [-0.1, -0.05) is 96.5 Å². The van der Waals surface area contributed by atoms with E-state index in [0.29, 0.717) is 11.8 Å². The Bertz CT molecular complexity index is 2730. The quantitative estimate of drug-likeness (QED) is 0.115. The van der Waals surface area contributed by atoms with E-state index in [1.165, 1.54) is 44.3 Å². The van der Waals surface area contributed by atoms with E-state index in [-0.39, 0.29) is 5.41 Å². The summed E-state index contributed by atoms with van der Waals surface area (Å²) in [6.07, 6.45) is 9.72. The Morgan fingerprint density at radius 2 is 1.39 bits per heavy atom. The Balaban J connectivity index is 1.30. The lowest BCUT2D eigenvalue weighted by Crippen LogP contribution is -2.29. The first-order chi connectivity index (χ1) is 26.8. The van der Waals surface area contributed by atoms with Gasteiger partial charge in [0.05, 0.1) is 22.4 Å². The Morgan fingerprint density at radius 3 is 2.12 bits per heavy atom. The van der Waals surface area contributed by atoms with Crippen molar-refractivity contribution in [2.75, 3.05) is 0 Å². The molecule has 0 radical (unpaired) electrons. The van der Waals surface area contributed by atoms with E-state index in [2.05, 4.69) is 205 Å². The normalized spacial score (nSPS) is 12.1. The van der Waals surface area contributed by atoms with Crippen LogP contribution in [0.25, 0.3) is 50.1 Å². The third-order valence-electron chi connectivity index (χ3n) is 11.2. The van der Waals surface area contributed by atoms with Crippen LogP contribution < -0.4 is 9.30 Å². The van der Waals surface area contributed by atoms with E-state index in [4.69, 9.17) is 9.72 Å². The van der Waals surface area contributed by atoms with E-state index in [0.717, 1.165) is 50.7 Å². The standard InChI is InChI=1S/C51H52N4O/c1-32(2)42-15-13-16-43(33(3)4)50(42)37-26-39(53-22-23-54(31-53)47-25-35(6)34(5)24-36(47)7)29-41(27-37)56-40-18-19-45-44-14-11-12-17-46(44)55(48(45)30-40)49-28-38(20-21-52-49)51(8,9)10/h11-30,32-33H,1-10H3. The predicted octanol–water partition coefficient (Wildman–Crippen LogP) is 13.0. The van der Waals surface area contributed by atoms with Crippen molar-refractivity contribution in [3.8, 4) is 39.8 Å². The number of fused-ring (bicyclic) bond motifs is 3. The minimum absolute atomic E-state index is 0.00854. The van der Waals surface area contributed by atoms with Gasteiger partial charge in [0.2, 0.25) is 0 Å². The van der Waals surface area contributed by atoms with Gasteiger partial charge >= 0.3 is 0 Å². The molecule has 56 heavy (non-hydrogen) atoms. The summed E-state index contributed by atoms with van der Waals surface area (Å²) in [6.45, 7) is 22.3. The molecular weight excluding hydrogens is 685 g/mol. The smallest absolute Gasteiger partial charge is 0.268 e. The second kappa shape index (κ2) is 14.3. The van der Waals surface area contributed by atoms with Crippen LogP contribution in [-0.2, 0) is 5.41 Å². The fourth-order valence-electron chi connectivity index (χ4n) is 8.01. The molecule has 0 N–H and O–H groups in total. The zero-order chi connectivity index (χ0) is 39.5. The molecule has 0 aliphatic rings. The fourth-order valence-corrected chi connectivity index (χ4v) is 8.01. The number of aromatic nitrogens is 4. The highest BCUT2D eigenvalue weighted by atomic mass is 16.5. The van der Waals surface area contributed by atoms with Gasteiger partial charge in [-0.2, -0.15) is 0 Å². The van der Waals surface area contributed by atoms with Crippen LogP contribution in [0.5, 0.6) is 11.5 Å². The maximum Gasteiger partial charge on any atom is 0.268 e. The van der Waals surface area contributed by atoms with Gasteiger partial charge in [0, 0.05) is 35.4 Å². The highest BCUT2D eigenvalue weighted by Gasteiger charge is 2.21. The van der Waals surface area contributed by atoms with E-state index in [1.54, 1.807) is 0 Å². The van der Waals surface area contributed by atoms with Crippen molar-refractivity contribution in [3.05, 3.63) is 161 Å². The first-order valence-electron chi connectivity index (χ1n) is 19.8. The minimum atomic E-state index is -0.00854. The van der Waals surface area contributed by atoms with Crippen molar-refractivity contribution in [1.29, 1.82) is 0 Å². The Hall–Kier alpha value is -5.94. The van der Waals surface area contributed by atoms with Gasteiger partial charge in [0.1, 0.15) is 17.3 Å². The number of hydrogen-bond acceptors (Lipinski definition) is 2. The molecule has 0 saturated carbocycles. The van der Waals surface area contributed by atoms with Crippen LogP contribution in [0.4, 0.5) is 0 Å². The number of aryl methyl sites for hydroxylation is 3. The van der Waals surface area contributed by atoms with Gasteiger partial charge in [-0.15, -0.1) is 0 Å². The molecule has 0 aliphatic heterocycles. The summed E-state index contributed by atoms with van der Waals surface area (Å²) in [5.74, 6) is 3.11. The molecule has 282 valence electrons. The second-order valence-electron chi connectivity index (χ2n) is 17.0. The van der Waals surface area contributed by atoms with Crippen LogP contribution in [0, 0.1) is 27.1 Å². The number of pyridine rings is 1. The number of hydrogen-bond donors (Lipinski definition) is 0. The molecular formula is C51H52N4O. The molecule has 0 amide bonds. The van der Waals surface area contributed by atoms with Crippen molar-refractivity contribution in [2.45, 2.75) is 86.5 Å². The molecule has 0 fully saturated rings. The number of ether oxygens (including phenoxy) is 1. The van der Waals surface area contributed by atoms with Gasteiger partial charge < -0.3 is 4.74 Å². The minimum Gasteiger partial charge on any atom is -0.458 e. The number of nitrogens with zero attached hydrogens (tertiary/aromatic N) is 4. The largest absolute Gasteiger partial charge is 0.458 e. The summed E-state index contributed by atoms with van der Waals surface area (Å²) in [5, 5.41) is 2.34. The molecule has 0 atom stereocenters. The van der Waals surface area contributed by atoms with E-state index >= 15 is 0 Å². The molecule has 5 nitrogen and oxygen atoms in total. The van der Waals surface area contributed by atoms with E-state index in [1.807, 2.05) is 6.20 Å². The van der Waals surface area contributed by atoms with Gasteiger partial charge in [-0.3, -0.25) is 13.7 Å². The topological polar surface area (TPSA) is 35.9 Å². The Morgan fingerprint density at radius 1 is 0.679 bits per heavy atom. The molecule has 0 bridgehead atoms. The highest BCUT2D eigenvalue weighted by molar-refractivity contribution is 6.09. The zero-order valence-corrected chi connectivity index (χ0v) is 34.4. The van der Waals surface area contributed by atoms with Gasteiger partial charge in [-0.05, 0) is 132 Å². The second-order valence-corrected chi connectivity index (χ2v) is 17.0. The molecule has 5 aromatic carbocycles. The fraction of sp³-hybridized carbons (Fsp3) is 0.255. The summed E-state index contributed by atoms with van der Waals surface area (Å²) >= 11 is 0. The summed E-state index contributed by atoms with van der Waals surface area (Å²) in [6, 6.07) is 37.2. The summed E-state index contributed by atoms with van der Waals surface area (Å²) in [7, 11) is 0. The van der Waals surface area contributed by atoms with Crippen LogP contribution in [0.3, 0.4) is 0 Å². The van der Waals surface area contributed by atoms with Gasteiger partial charge in [0.15, 0.2) is 0 Å². The number of benzene rings is 5. The Kier molecular flexibility index (Phi) is 9.44. The lowest BCUT2D eigenvalue weighted by Gasteiger charge is -2.21. The maximum absolute atomic E-state index is 6.95. The molecule has 3 aromatic heterocycles. The van der Waals surface area contributed by atoms with Crippen LogP contribution in [0.15, 0.2) is 122 Å². The molecule has 0 spiro atoms. The average Bonchev–Trinajstić information content (AvgIpc) is 3.79. The third-order valence-corrected chi connectivity index (χ3v) is 11.2. The maximum atomic E-state index is 6.95. The molecule has 3 heterocycles. The summed E-state index contributed by atoms with van der Waals surface area (Å²) in [5.41, 5.74) is 14.3. The number of para-hydroxylation sites is 1. The van der Waals surface area contributed by atoms with E-state index in [9.17, 15) is 0 Å². The molecule has 0 saturated heterocycles. The van der Waals surface area contributed by atoms with Crippen molar-refractivity contribution < 1.29 is 9.30 Å². The third kappa shape index (κ3) is 6.81. The average molecular weight is 737 g/mol. The molecule has 0 aliphatic carbocycles. The summed E-state index contributed by atoms with van der Waals surface area (Å²) in [4.78, 5) is 4.90. The van der Waals surface area contributed by atoms with E-state index < -0.39 is 0 Å². The molecule has 8 rings (SSSR count). The Labute approximate surface area is 331 Å². The van der Waals surface area contributed by atoms with Crippen molar-refractivity contribution in [3.63, 3.8) is 0 Å². The van der Waals surface area contributed by atoms with Crippen LogP contribution in [0.2, 0.25) is 0 Å². The number of rotatable bonds is 8. The zero-order valence-electron chi connectivity index (χ0n) is 34.4. The molecule has 5 heteroatoms. The first-order valence-corrected chi connectivity index (χ1v) is 19.8.